The van der Waals surface area contributed by atoms with Crippen LogP contribution in [0.3, 0.4) is 0 Å². The molecule has 0 aliphatic heterocycles. The molecule has 5 nitrogen and oxygen atoms in total. The summed E-state index contributed by atoms with van der Waals surface area (Å²) in [4.78, 5) is 19.7. The van der Waals surface area contributed by atoms with Gasteiger partial charge in [0.1, 0.15) is 18.2 Å². The van der Waals surface area contributed by atoms with Crippen molar-refractivity contribution in [3.63, 3.8) is 0 Å². The second-order valence-corrected chi connectivity index (χ2v) is 11.1. The van der Waals surface area contributed by atoms with Gasteiger partial charge in [0.05, 0.1) is 16.6 Å². The predicted octanol–water partition coefficient (Wildman–Crippen LogP) is 8.91. The standard InChI is InChI=1S/C34H31ClN2O3/c1-21-6-8-22(9-7-21)28-16-13-26(35)18-25(28)20-40-27-14-10-23(11-15-27)29-4-2-3-5-30(29)33-36-31-17-12-24(34(38)39)19-32(31)37-33/h6-19,29-30H,2-5,20H2,1H3,(H,36,37)(H,38,39). The fourth-order valence-corrected chi connectivity index (χ4v) is 6.06. The molecule has 1 aliphatic rings. The monoisotopic (exact) mass is 550 g/mol. The van der Waals surface area contributed by atoms with Crippen LogP contribution in [-0.4, -0.2) is 21.0 Å². The molecule has 2 atom stereocenters. The highest BCUT2D eigenvalue weighted by molar-refractivity contribution is 6.30. The number of aromatic nitrogens is 2. The molecule has 1 fully saturated rings. The van der Waals surface area contributed by atoms with Crippen LogP contribution in [0.1, 0.15) is 70.4 Å². The van der Waals surface area contributed by atoms with Crippen LogP contribution < -0.4 is 4.74 Å². The summed E-state index contributed by atoms with van der Waals surface area (Å²) in [5.41, 5.74) is 7.64. The number of ether oxygens (including phenoxy) is 1. The summed E-state index contributed by atoms with van der Waals surface area (Å²) < 4.78 is 6.23. The number of carboxylic acid groups (broad SMARTS) is 1. The van der Waals surface area contributed by atoms with Crippen molar-refractivity contribution in [2.24, 2.45) is 0 Å². The van der Waals surface area contributed by atoms with Crippen molar-refractivity contribution in [2.45, 2.75) is 51.0 Å². The Hall–Kier alpha value is -4.09. The van der Waals surface area contributed by atoms with Crippen molar-refractivity contribution < 1.29 is 14.6 Å². The van der Waals surface area contributed by atoms with Gasteiger partial charge < -0.3 is 14.8 Å². The summed E-state index contributed by atoms with van der Waals surface area (Å²) in [7, 11) is 0. The van der Waals surface area contributed by atoms with Crippen LogP contribution in [0.5, 0.6) is 5.75 Å². The smallest absolute Gasteiger partial charge is 0.335 e. The number of carbonyl (C=O) groups is 1. The number of hydrogen-bond acceptors (Lipinski definition) is 3. The van der Waals surface area contributed by atoms with Gasteiger partial charge in [-0.25, -0.2) is 9.78 Å². The number of benzene rings is 4. The molecule has 5 aromatic rings. The van der Waals surface area contributed by atoms with Gasteiger partial charge in [-0.05, 0) is 90.4 Å². The molecule has 4 aromatic carbocycles. The van der Waals surface area contributed by atoms with E-state index < -0.39 is 5.97 Å². The molecule has 2 N–H and O–H groups in total. The van der Waals surface area contributed by atoms with E-state index in [2.05, 4.69) is 66.5 Å². The van der Waals surface area contributed by atoms with Gasteiger partial charge in [-0.1, -0.05) is 72.5 Å². The number of imidazole rings is 1. The lowest BCUT2D eigenvalue weighted by atomic mass is 9.75. The number of rotatable bonds is 7. The van der Waals surface area contributed by atoms with E-state index >= 15 is 0 Å². The number of aryl methyl sites for hydroxylation is 1. The van der Waals surface area contributed by atoms with Crippen molar-refractivity contribution in [1.82, 2.24) is 9.97 Å². The van der Waals surface area contributed by atoms with Crippen molar-refractivity contribution in [3.8, 4) is 16.9 Å². The Morgan fingerprint density at radius 3 is 2.45 bits per heavy atom. The van der Waals surface area contributed by atoms with Crippen LogP contribution in [0.15, 0.2) is 84.9 Å². The van der Waals surface area contributed by atoms with E-state index in [1.165, 1.54) is 17.5 Å². The molecular weight excluding hydrogens is 520 g/mol. The molecule has 1 aromatic heterocycles. The molecule has 202 valence electrons. The highest BCUT2D eigenvalue weighted by Crippen LogP contribution is 2.44. The first-order chi connectivity index (χ1) is 19.4. The second kappa shape index (κ2) is 11.2. The Balaban J connectivity index is 1.20. The highest BCUT2D eigenvalue weighted by Gasteiger charge is 2.30. The van der Waals surface area contributed by atoms with E-state index in [1.807, 2.05) is 12.1 Å². The number of carboxylic acids is 1. The second-order valence-electron chi connectivity index (χ2n) is 10.7. The van der Waals surface area contributed by atoms with E-state index in [4.69, 9.17) is 21.3 Å². The summed E-state index contributed by atoms with van der Waals surface area (Å²) in [6.07, 6.45) is 4.47. The summed E-state index contributed by atoms with van der Waals surface area (Å²) in [6.45, 7) is 2.51. The maximum atomic E-state index is 11.4. The van der Waals surface area contributed by atoms with Crippen molar-refractivity contribution in [3.05, 3.63) is 118 Å². The van der Waals surface area contributed by atoms with Crippen LogP contribution >= 0.6 is 11.6 Å². The minimum Gasteiger partial charge on any atom is -0.489 e. The van der Waals surface area contributed by atoms with E-state index in [-0.39, 0.29) is 11.5 Å². The van der Waals surface area contributed by atoms with Crippen molar-refractivity contribution >= 4 is 28.6 Å². The van der Waals surface area contributed by atoms with E-state index in [0.29, 0.717) is 17.5 Å². The molecule has 1 heterocycles. The Bertz CT molecular complexity index is 1660. The summed E-state index contributed by atoms with van der Waals surface area (Å²) in [5.74, 6) is 1.41. The van der Waals surface area contributed by atoms with Crippen LogP contribution in [-0.2, 0) is 6.61 Å². The Morgan fingerprint density at radius 2 is 1.70 bits per heavy atom. The SMILES string of the molecule is Cc1ccc(-c2ccc(Cl)cc2COc2ccc(C3CCCCC3c3nc4ccc(C(=O)O)cc4[nH]3)cc2)cc1. The normalized spacial score (nSPS) is 17.1. The molecule has 6 rings (SSSR count). The fraction of sp³-hybridized carbons (Fsp3) is 0.235. The number of halogens is 1. The third-order valence-electron chi connectivity index (χ3n) is 8.00. The lowest BCUT2D eigenvalue weighted by Crippen LogP contribution is -2.17. The lowest BCUT2D eigenvalue weighted by molar-refractivity contribution is 0.0697. The first-order valence-electron chi connectivity index (χ1n) is 13.8. The van der Waals surface area contributed by atoms with Gasteiger partial charge in [-0.3, -0.25) is 0 Å². The van der Waals surface area contributed by atoms with Crippen molar-refractivity contribution in [1.29, 1.82) is 0 Å². The van der Waals surface area contributed by atoms with Gasteiger partial charge >= 0.3 is 5.97 Å². The zero-order valence-electron chi connectivity index (χ0n) is 22.4. The molecule has 0 radical (unpaired) electrons. The third kappa shape index (κ3) is 5.47. The number of nitrogens with zero attached hydrogens (tertiary/aromatic N) is 1. The fourth-order valence-electron chi connectivity index (χ4n) is 5.86. The molecule has 0 bridgehead atoms. The Labute approximate surface area is 238 Å². The van der Waals surface area contributed by atoms with Gasteiger partial charge in [-0.15, -0.1) is 0 Å². The van der Waals surface area contributed by atoms with Gasteiger partial charge in [-0.2, -0.15) is 0 Å². The largest absolute Gasteiger partial charge is 0.489 e. The Morgan fingerprint density at radius 1 is 0.950 bits per heavy atom. The molecule has 0 saturated heterocycles. The lowest BCUT2D eigenvalue weighted by Gasteiger charge is -2.30. The van der Waals surface area contributed by atoms with E-state index in [1.54, 1.807) is 18.2 Å². The summed E-state index contributed by atoms with van der Waals surface area (Å²) in [6, 6.07) is 27.9. The maximum absolute atomic E-state index is 11.4. The van der Waals surface area contributed by atoms with Crippen LogP contribution in [0.2, 0.25) is 5.02 Å². The van der Waals surface area contributed by atoms with Crippen LogP contribution in [0.25, 0.3) is 22.2 Å². The number of aromatic amines is 1. The van der Waals surface area contributed by atoms with Gasteiger partial charge in [0.15, 0.2) is 0 Å². The minimum absolute atomic E-state index is 0.254. The zero-order chi connectivity index (χ0) is 27.6. The zero-order valence-corrected chi connectivity index (χ0v) is 23.1. The van der Waals surface area contributed by atoms with Crippen LogP contribution in [0, 0.1) is 6.92 Å². The molecule has 2 unspecified atom stereocenters. The average molecular weight is 551 g/mol. The molecule has 1 saturated carbocycles. The first-order valence-corrected chi connectivity index (χ1v) is 14.1. The number of nitrogens with one attached hydrogen (secondary N) is 1. The minimum atomic E-state index is -0.933. The molecule has 1 aliphatic carbocycles. The third-order valence-corrected chi connectivity index (χ3v) is 8.23. The number of fused-ring (bicyclic) bond motifs is 1. The maximum Gasteiger partial charge on any atom is 0.335 e. The number of aromatic carboxylic acids is 1. The number of H-pyrrole nitrogens is 1. The average Bonchev–Trinajstić information content (AvgIpc) is 3.40. The van der Waals surface area contributed by atoms with Gasteiger partial charge in [0.25, 0.3) is 0 Å². The highest BCUT2D eigenvalue weighted by atomic mass is 35.5. The summed E-state index contributed by atoms with van der Waals surface area (Å²) >= 11 is 6.34. The molecule has 40 heavy (non-hydrogen) atoms. The predicted molar refractivity (Wildman–Crippen MR) is 159 cm³/mol. The van der Waals surface area contributed by atoms with E-state index in [0.717, 1.165) is 58.6 Å². The van der Waals surface area contributed by atoms with Crippen molar-refractivity contribution in [2.75, 3.05) is 0 Å². The number of hydrogen-bond donors (Lipinski definition) is 2. The molecular formula is C34H31ClN2O3. The molecule has 0 spiro atoms. The van der Waals surface area contributed by atoms with Gasteiger partial charge in [0, 0.05) is 10.9 Å². The topological polar surface area (TPSA) is 75.2 Å². The van der Waals surface area contributed by atoms with E-state index in [9.17, 15) is 9.90 Å². The summed E-state index contributed by atoms with van der Waals surface area (Å²) in [5, 5.41) is 10.0. The molecule has 6 heteroatoms. The van der Waals surface area contributed by atoms with Crippen LogP contribution in [0.4, 0.5) is 0 Å². The molecule has 0 amide bonds. The quantitative estimate of drug-likeness (QED) is 0.212. The Kier molecular flexibility index (Phi) is 7.31. The first kappa shape index (κ1) is 26.1. The van der Waals surface area contributed by atoms with Gasteiger partial charge in [0.2, 0.25) is 0 Å².